The first kappa shape index (κ1) is 57.6. The van der Waals surface area contributed by atoms with E-state index in [-0.39, 0.29) is 58.1 Å². The van der Waals surface area contributed by atoms with Gasteiger partial charge in [0.05, 0.1) is 24.0 Å². The van der Waals surface area contributed by atoms with Crippen LogP contribution in [0.3, 0.4) is 0 Å². The van der Waals surface area contributed by atoms with Crippen molar-refractivity contribution in [2.24, 2.45) is 11.5 Å². The molecule has 2 atom stereocenters. The molecule has 0 spiro atoms. The molecule has 382 valence electrons. The maximum atomic E-state index is 13.7. The second kappa shape index (κ2) is 26.3. The molecule has 0 fully saturated rings. The lowest BCUT2D eigenvalue weighted by molar-refractivity contribution is -0.148. The number of carbonyl (C=O) groups excluding carboxylic acids is 2. The van der Waals surface area contributed by atoms with Crippen molar-refractivity contribution in [2.45, 2.75) is 50.9 Å². The zero-order chi connectivity index (χ0) is 51.8. The van der Waals surface area contributed by atoms with E-state index in [1.165, 1.54) is 97.1 Å². The molecule has 0 aliphatic rings. The molecule has 26 nitrogen and oxygen atoms in total. The van der Waals surface area contributed by atoms with Gasteiger partial charge in [0.25, 0.3) is 20.4 Å². The summed E-state index contributed by atoms with van der Waals surface area (Å²) in [5.74, 6) is -9.01. The highest BCUT2D eigenvalue weighted by atomic mass is 35.5. The molecular formula is C42H49ClN10O16S2. The van der Waals surface area contributed by atoms with Crippen molar-refractivity contribution in [1.82, 2.24) is 18.1 Å². The molecule has 0 heterocycles. The van der Waals surface area contributed by atoms with Crippen LogP contribution in [0.25, 0.3) is 0 Å². The molecule has 0 aliphatic carbocycles. The normalized spacial score (nSPS) is 12.1. The Hall–Kier alpha value is -7.73. The molecule has 0 aromatic heterocycles. The Morgan fingerprint density at radius 1 is 0.535 bits per heavy atom. The van der Waals surface area contributed by atoms with Gasteiger partial charge in [-0.15, -0.1) is 12.4 Å². The van der Waals surface area contributed by atoms with Gasteiger partial charge in [-0.1, -0.05) is 24.3 Å². The molecule has 0 unspecified atom stereocenters. The Labute approximate surface area is 411 Å². The van der Waals surface area contributed by atoms with Crippen molar-refractivity contribution in [3.8, 4) is 11.5 Å². The summed E-state index contributed by atoms with van der Waals surface area (Å²) in [5, 5.41) is 58.4. The summed E-state index contributed by atoms with van der Waals surface area (Å²) in [7, 11) is -9.72. The first-order chi connectivity index (χ1) is 32.9. The lowest BCUT2D eigenvalue weighted by atomic mass is 10.2. The molecule has 0 radical (unpaired) electrons. The maximum Gasteiger partial charge on any atom is 0.343 e. The summed E-state index contributed by atoms with van der Waals surface area (Å²) >= 11 is 0. The van der Waals surface area contributed by atoms with Crippen LogP contribution < -0.4 is 41.0 Å². The largest absolute Gasteiger partial charge is 0.481 e. The predicted molar refractivity (Wildman–Crippen MR) is 256 cm³/mol. The molecule has 14 N–H and O–H groups in total. The molecule has 0 saturated carbocycles. The van der Waals surface area contributed by atoms with Gasteiger partial charge in [0, 0.05) is 37.6 Å². The third kappa shape index (κ3) is 18.3. The number of hydrogen-bond acceptors (Lipinski definition) is 14. The van der Waals surface area contributed by atoms with Crippen LogP contribution in [0.1, 0.15) is 57.5 Å². The minimum atomic E-state index is -4.86. The average Bonchev–Trinajstić information content (AvgIpc) is 3.28. The molecule has 0 amide bonds. The van der Waals surface area contributed by atoms with E-state index in [4.69, 9.17) is 31.8 Å². The first-order valence-corrected chi connectivity index (χ1v) is 23.3. The van der Waals surface area contributed by atoms with Crippen molar-refractivity contribution in [3.63, 3.8) is 0 Å². The maximum absolute atomic E-state index is 13.7. The minimum Gasteiger partial charge on any atom is -0.481 e. The Morgan fingerprint density at radius 3 is 1.11 bits per heavy atom. The van der Waals surface area contributed by atoms with Crippen LogP contribution in [-0.4, -0.2) is 119 Å². The number of aliphatic carboxylic acids is 4. The number of nitrogens with one attached hydrogen (secondary N) is 6. The van der Waals surface area contributed by atoms with Gasteiger partial charge >= 0.3 is 35.8 Å². The highest BCUT2D eigenvalue weighted by Crippen LogP contribution is 2.21. The van der Waals surface area contributed by atoms with E-state index in [1.54, 1.807) is 0 Å². The van der Waals surface area contributed by atoms with E-state index in [1.807, 2.05) is 0 Å². The number of rotatable bonds is 27. The highest BCUT2D eigenvalue weighted by Gasteiger charge is 2.38. The number of anilines is 2. The lowest BCUT2D eigenvalue weighted by Gasteiger charge is -2.29. The highest BCUT2D eigenvalue weighted by molar-refractivity contribution is 7.87. The number of carboxylic acid groups (broad SMARTS) is 4. The number of guanidine groups is 2. The number of benzene rings is 4. The number of nitrogens with zero attached hydrogens (tertiary/aromatic N) is 2. The van der Waals surface area contributed by atoms with E-state index >= 15 is 0 Å². The predicted octanol–water partition coefficient (Wildman–Crippen LogP) is 1.77. The number of unbranched alkanes of at least 4 members (excludes halogenated alkanes) is 1. The van der Waals surface area contributed by atoms with E-state index < -0.39 is 120 Å². The fraction of sp³-hybridized carbons (Fsp3) is 0.238. The molecule has 0 bridgehead atoms. The summed E-state index contributed by atoms with van der Waals surface area (Å²) in [6, 6.07) is 18.2. The second-order valence-electron chi connectivity index (χ2n) is 14.8. The zero-order valence-electron chi connectivity index (χ0n) is 37.0. The Kier molecular flexibility index (Phi) is 21.3. The van der Waals surface area contributed by atoms with Crippen LogP contribution in [0.4, 0.5) is 11.4 Å². The van der Waals surface area contributed by atoms with Crippen LogP contribution >= 0.6 is 12.4 Å². The Bertz CT molecular complexity index is 2600. The number of nitrogens with two attached hydrogens (primary N) is 2. The van der Waals surface area contributed by atoms with Gasteiger partial charge in [-0.25, -0.2) is 9.59 Å². The molecule has 4 aromatic carbocycles. The van der Waals surface area contributed by atoms with Gasteiger partial charge < -0.3 is 52.0 Å². The Balaban J connectivity index is 0.0000133. The summed E-state index contributed by atoms with van der Waals surface area (Å²) in [6.45, 7) is -2.43. The van der Waals surface area contributed by atoms with Crippen LogP contribution in [0.2, 0.25) is 0 Å². The summed E-state index contributed by atoms with van der Waals surface area (Å²) < 4.78 is 70.4. The quantitative estimate of drug-likeness (QED) is 0.0133. The van der Waals surface area contributed by atoms with Gasteiger partial charge in [0.15, 0.2) is 11.9 Å². The summed E-state index contributed by atoms with van der Waals surface area (Å²) in [5.41, 5.74) is 12.4. The van der Waals surface area contributed by atoms with Crippen molar-refractivity contribution in [3.05, 3.63) is 119 Å². The standard InChI is InChI=1S/C42H48N10O16S2.ClH/c43-41(44)49-29-11-7-27(8-12-29)39(61)67-31-15-3-25(4-16-31)23-47-69(63,64)51(33(37(57)58)21-35(53)54)19-1-2-20-52(34(38(59)60)22-36(55)56)70(65,66)48-24-26-5-17-32(18-6-26)68-40(62)28-9-13-30(14-10-28)50-42(45)46;/h3-18,33-34,47-48H,1-2,19-24H2,(H,53,54)(H,55,56)(H,57,58)(H,59,60)(H4,43,44,49)(H4,45,46,50);1H/t33-,34-;/m0./s1. The number of halogens is 1. The van der Waals surface area contributed by atoms with E-state index in [0.717, 1.165) is 0 Å². The first-order valence-electron chi connectivity index (χ1n) is 20.4. The number of carboxylic acids is 4. The van der Waals surface area contributed by atoms with Crippen molar-refractivity contribution < 1.29 is 75.5 Å². The number of esters is 2. The molecular weight excluding hydrogens is 1000 g/mol. The zero-order valence-corrected chi connectivity index (χ0v) is 39.5. The SMILES string of the molecule is Cl.N=C(N)Nc1ccc(C(=O)Oc2ccc(CNS(=O)(=O)N(CCCCN([C@@H](CC(=O)O)C(=O)O)S(=O)(=O)NCc3ccc(OC(=O)c4ccc(NC(=N)N)cc4)cc3)[C@@H](CC(=O)O)C(=O)O)cc2)cc1. The molecule has 0 saturated heterocycles. The monoisotopic (exact) mass is 1050 g/mol. The van der Waals surface area contributed by atoms with Gasteiger partial charge in [-0.05, 0) is 96.8 Å². The Morgan fingerprint density at radius 2 is 0.845 bits per heavy atom. The molecule has 4 aromatic rings. The third-order valence-electron chi connectivity index (χ3n) is 9.61. The van der Waals surface area contributed by atoms with Crippen molar-refractivity contribution in [2.75, 3.05) is 23.7 Å². The van der Waals surface area contributed by atoms with Gasteiger partial charge in [0.2, 0.25) is 0 Å². The van der Waals surface area contributed by atoms with Gasteiger partial charge in [0.1, 0.15) is 23.6 Å². The van der Waals surface area contributed by atoms with Crippen LogP contribution in [0.5, 0.6) is 11.5 Å². The number of ether oxygens (including phenoxy) is 2. The molecule has 71 heavy (non-hydrogen) atoms. The van der Waals surface area contributed by atoms with Crippen molar-refractivity contribution in [1.29, 1.82) is 10.8 Å². The van der Waals surface area contributed by atoms with Crippen LogP contribution in [0.15, 0.2) is 97.1 Å². The fourth-order valence-corrected chi connectivity index (χ4v) is 9.03. The third-order valence-corrected chi connectivity index (χ3v) is 12.7. The van der Waals surface area contributed by atoms with Crippen molar-refractivity contribution >= 4 is 91.9 Å². The topological polar surface area (TPSA) is 424 Å². The second-order valence-corrected chi connectivity index (χ2v) is 18.2. The molecule has 0 aliphatic heterocycles. The van der Waals surface area contributed by atoms with Gasteiger partial charge in [-0.3, -0.25) is 30.0 Å². The van der Waals surface area contributed by atoms with E-state index in [2.05, 4.69) is 20.1 Å². The van der Waals surface area contributed by atoms with Crippen LogP contribution in [-0.2, 0) is 52.7 Å². The number of hydrogen-bond donors (Lipinski definition) is 12. The smallest absolute Gasteiger partial charge is 0.343 e. The molecule has 4 rings (SSSR count). The fourth-order valence-electron chi connectivity index (χ4n) is 6.27. The summed E-state index contributed by atoms with van der Waals surface area (Å²) in [6.07, 6.45) is -3.19. The lowest BCUT2D eigenvalue weighted by Crippen LogP contribution is -2.52. The summed E-state index contributed by atoms with van der Waals surface area (Å²) in [4.78, 5) is 73.2. The average molecular weight is 1050 g/mol. The van der Waals surface area contributed by atoms with E-state index in [9.17, 15) is 66.0 Å². The van der Waals surface area contributed by atoms with Crippen LogP contribution in [0, 0.1) is 10.8 Å². The minimum absolute atomic E-state index is 0. The molecule has 29 heteroatoms. The number of carbonyl (C=O) groups is 6. The van der Waals surface area contributed by atoms with Gasteiger partial charge in [-0.2, -0.15) is 34.9 Å². The van der Waals surface area contributed by atoms with E-state index in [0.29, 0.717) is 20.0 Å².